The van der Waals surface area contributed by atoms with E-state index in [4.69, 9.17) is 4.74 Å². The van der Waals surface area contributed by atoms with Crippen LogP contribution >= 0.6 is 11.8 Å². The van der Waals surface area contributed by atoms with Gasteiger partial charge >= 0.3 is 5.69 Å². The largest absolute Gasteiger partial charge is 0.494 e. The molecule has 4 N–H and O–H groups in total. The molecule has 2 rings (SSSR count). The summed E-state index contributed by atoms with van der Waals surface area (Å²) in [6.45, 7) is 0.988. The van der Waals surface area contributed by atoms with Gasteiger partial charge in [-0.1, -0.05) is 0 Å². The third kappa shape index (κ3) is 3.45. The molecule has 1 unspecified atom stereocenters. The number of hydrogen-bond donors (Lipinski definition) is 4. The molecule has 1 aromatic rings. The average molecular weight is 389 g/mol. The maximum atomic E-state index is 12.4. The Morgan fingerprint density at radius 2 is 1.85 bits per heavy atom. The van der Waals surface area contributed by atoms with E-state index in [0.29, 0.717) is 0 Å². The van der Waals surface area contributed by atoms with Crippen molar-refractivity contribution in [3.05, 3.63) is 26.4 Å². The molecule has 0 saturated carbocycles. The zero-order chi connectivity index (χ0) is 19.8. The van der Waals surface area contributed by atoms with Gasteiger partial charge in [-0.25, -0.2) is 4.79 Å². The first-order valence-corrected chi connectivity index (χ1v) is 9.13. The van der Waals surface area contributed by atoms with Crippen LogP contribution in [0, 0.1) is 0 Å². The highest BCUT2D eigenvalue weighted by molar-refractivity contribution is 7.99. The highest BCUT2D eigenvalue weighted by Crippen LogP contribution is 2.29. The van der Waals surface area contributed by atoms with E-state index in [1.165, 1.54) is 32.8 Å². The fourth-order valence-corrected chi connectivity index (χ4v) is 3.59. The van der Waals surface area contributed by atoms with Gasteiger partial charge in [-0.05, 0) is 13.2 Å². The van der Waals surface area contributed by atoms with E-state index in [9.17, 15) is 30.0 Å². The number of ether oxygens (including phenoxy) is 1. The maximum absolute atomic E-state index is 12.4. The van der Waals surface area contributed by atoms with Gasteiger partial charge in [0.05, 0.1) is 12.3 Å². The second-order valence-corrected chi connectivity index (χ2v) is 6.99. The van der Waals surface area contributed by atoms with Crippen LogP contribution < -0.4 is 11.2 Å². The van der Waals surface area contributed by atoms with Crippen LogP contribution in [0.2, 0.25) is 0 Å². The van der Waals surface area contributed by atoms with Gasteiger partial charge in [0.2, 0.25) is 5.88 Å². The van der Waals surface area contributed by atoms with Crippen molar-refractivity contribution in [2.45, 2.75) is 36.7 Å². The van der Waals surface area contributed by atoms with Crippen molar-refractivity contribution < 1.29 is 25.2 Å². The summed E-state index contributed by atoms with van der Waals surface area (Å²) in [5.74, 6) is -0.542. The van der Waals surface area contributed by atoms with Crippen LogP contribution in [-0.4, -0.2) is 77.9 Å². The summed E-state index contributed by atoms with van der Waals surface area (Å²) < 4.78 is 7.29. The van der Waals surface area contributed by atoms with Crippen LogP contribution in [0.1, 0.15) is 12.5 Å². The summed E-state index contributed by atoms with van der Waals surface area (Å²) in [5.41, 5.74) is -2.19. The number of aromatic hydroxyl groups is 1. The molecule has 1 saturated heterocycles. The summed E-state index contributed by atoms with van der Waals surface area (Å²) in [4.78, 5) is 28.5. The SMILES string of the molecule is CSC1O[C@H](CO)[C@@H](O)[C@H](O)[C@H]1N=C(C)c1c(O)n(C)c(=O)n(C)c1=O. The van der Waals surface area contributed by atoms with Crippen molar-refractivity contribution >= 4 is 17.5 Å². The van der Waals surface area contributed by atoms with Crippen molar-refractivity contribution in [2.24, 2.45) is 19.1 Å². The van der Waals surface area contributed by atoms with Gasteiger partial charge in [-0.3, -0.25) is 18.9 Å². The molecule has 0 aromatic carbocycles. The fraction of sp³-hybridized carbons (Fsp3) is 0.667. The van der Waals surface area contributed by atoms with Crippen LogP contribution in [0.5, 0.6) is 5.88 Å². The van der Waals surface area contributed by atoms with Crippen molar-refractivity contribution in [1.82, 2.24) is 9.13 Å². The van der Waals surface area contributed by atoms with Gasteiger partial charge in [0.15, 0.2) is 0 Å². The van der Waals surface area contributed by atoms with Crippen LogP contribution in [0.4, 0.5) is 0 Å². The molecule has 0 aliphatic carbocycles. The lowest BCUT2D eigenvalue weighted by Gasteiger charge is -2.40. The molecule has 11 heteroatoms. The lowest BCUT2D eigenvalue weighted by atomic mass is 9.98. The smallest absolute Gasteiger partial charge is 0.333 e. The Balaban J connectivity index is 2.53. The monoisotopic (exact) mass is 389 g/mol. The highest BCUT2D eigenvalue weighted by atomic mass is 32.2. The van der Waals surface area contributed by atoms with Crippen LogP contribution in [0.3, 0.4) is 0 Å². The quantitative estimate of drug-likeness (QED) is 0.423. The summed E-state index contributed by atoms with van der Waals surface area (Å²) in [6, 6.07) is -0.941. The molecular formula is C15H23N3O7S. The molecule has 26 heavy (non-hydrogen) atoms. The molecule has 0 spiro atoms. The minimum absolute atomic E-state index is 0.0834. The molecule has 1 aromatic heterocycles. The van der Waals surface area contributed by atoms with Crippen molar-refractivity contribution in [2.75, 3.05) is 12.9 Å². The summed E-state index contributed by atoms with van der Waals surface area (Å²) in [7, 11) is 2.59. The Kier molecular flexibility index (Phi) is 6.29. The minimum atomic E-state index is -1.36. The number of aliphatic hydroxyl groups excluding tert-OH is 3. The molecule has 146 valence electrons. The first kappa shape index (κ1) is 20.6. The van der Waals surface area contributed by atoms with Gasteiger partial charge in [0, 0.05) is 14.1 Å². The molecule has 10 nitrogen and oxygen atoms in total. The number of nitrogens with zero attached hydrogens (tertiary/aromatic N) is 3. The van der Waals surface area contributed by atoms with Crippen molar-refractivity contribution in [3.63, 3.8) is 0 Å². The lowest BCUT2D eigenvalue weighted by molar-refractivity contribution is -0.165. The maximum Gasteiger partial charge on any atom is 0.333 e. The van der Waals surface area contributed by atoms with Crippen LogP contribution in [-0.2, 0) is 18.8 Å². The zero-order valence-corrected chi connectivity index (χ0v) is 15.7. The minimum Gasteiger partial charge on any atom is -0.494 e. The number of thioether (sulfide) groups is 1. The Hall–Kier alpha value is -1.66. The number of hydrogen-bond acceptors (Lipinski definition) is 9. The number of aliphatic imine (C=N–C) groups is 1. The van der Waals surface area contributed by atoms with Crippen LogP contribution in [0.25, 0.3) is 0 Å². The number of aliphatic hydroxyl groups is 3. The predicted octanol–water partition coefficient (Wildman–Crippen LogP) is -2.23. The van der Waals surface area contributed by atoms with Crippen molar-refractivity contribution in [1.29, 1.82) is 0 Å². The molecule has 1 aliphatic rings. The van der Waals surface area contributed by atoms with Crippen LogP contribution in [0.15, 0.2) is 14.6 Å². The summed E-state index contributed by atoms with van der Waals surface area (Å²) in [5, 5.41) is 39.9. The van der Waals surface area contributed by atoms with E-state index in [2.05, 4.69) is 4.99 Å². The van der Waals surface area contributed by atoms with Gasteiger partial charge in [-0.15, -0.1) is 11.8 Å². The molecule has 5 atom stereocenters. The first-order chi connectivity index (χ1) is 12.1. The Bertz CT molecular complexity index is 817. The number of rotatable bonds is 4. The normalized spacial score (nSPS) is 29.8. The molecule has 2 heterocycles. The Morgan fingerprint density at radius 1 is 1.23 bits per heavy atom. The summed E-state index contributed by atoms with van der Waals surface area (Å²) in [6.07, 6.45) is -1.94. The second kappa shape index (κ2) is 7.92. The Morgan fingerprint density at radius 3 is 2.38 bits per heavy atom. The third-order valence-corrected chi connectivity index (χ3v) is 5.27. The predicted molar refractivity (Wildman–Crippen MR) is 95.9 cm³/mol. The van der Waals surface area contributed by atoms with E-state index in [1.54, 1.807) is 6.26 Å². The molecule has 0 bridgehead atoms. The van der Waals surface area contributed by atoms with E-state index >= 15 is 0 Å². The third-order valence-electron chi connectivity index (χ3n) is 4.42. The highest BCUT2D eigenvalue weighted by Gasteiger charge is 2.44. The van der Waals surface area contributed by atoms with Gasteiger partial charge < -0.3 is 25.2 Å². The topological polar surface area (TPSA) is 147 Å². The van der Waals surface area contributed by atoms with E-state index in [1.807, 2.05) is 0 Å². The zero-order valence-electron chi connectivity index (χ0n) is 14.9. The Labute approximate surface area is 153 Å². The molecule has 0 radical (unpaired) electrons. The molecule has 0 amide bonds. The lowest BCUT2D eigenvalue weighted by Crippen LogP contribution is -2.57. The average Bonchev–Trinajstić information content (AvgIpc) is 2.62. The fourth-order valence-electron chi connectivity index (χ4n) is 2.84. The van der Waals surface area contributed by atoms with Gasteiger partial charge in [0.25, 0.3) is 5.56 Å². The van der Waals surface area contributed by atoms with Gasteiger partial charge in [0.1, 0.15) is 35.4 Å². The van der Waals surface area contributed by atoms with Crippen molar-refractivity contribution in [3.8, 4) is 5.88 Å². The summed E-state index contributed by atoms with van der Waals surface area (Å²) >= 11 is 1.22. The molecule has 1 aliphatic heterocycles. The molecular weight excluding hydrogens is 366 g/mol. The van der Waals surface area contributed by atoms with Gasteiger partial charge in [-0.2, -0.15) is 0 Å². The first-order valence-electron chi connectivity index (χ1n) is 7.84. The standard InChI is InChI=1S/C15H23N3O7S/c1-6(8-12(22)17(2)15(24)18(3)13(8)23)16-9-11(21)10(20)7(5-19)25-14(9)26-4/h7,9-11,14,19-22H,5H2,1-4H3/t7-,9-,10-,11-,14?/m1/s1. The number of aromatic nitrogens is 2. The second-order valence-electron chi connectivity index (χ2n) is 6.05. The van der Waals surface area contributed by atoms with E-state index in [-0.39, 0.29) is 11.3 Å². The van der Waals surface area contributed by atoms with E-state index < -0.39 is 53.5 Å². The van der Waals surface area contributed by atoms with E-state index in [0.717, 1.165) is 9.13 Å². The molecule has 1 fully saturated rings.